The Morgan fingerprint density at radius 3 is 2.85 bits per heavy atom. The standard InChI is InChI=1S/C20H25N3O4/c1-13(23-7-3-4-8-23)11-21-19(24)10-16-14(2)27-20(22-16)15-5-6-17-18(9-15)26-12-25-17/h5-6,9,13H,3-4,7-8,10-12H2,1-2H3,(H,21,24). The zero-order chi connectivity index (χ0) is 18.8. The second-order valence-corrected chi connectivity index (χ2v) is 7.16. The van der Waals surface area contributed by atoms with Crippen molar-refractivity contribution in [2.75, 3.05) is 26.4 Å². The van der Waals surface area contributed by atoms with Crippen molar-refractivity contribution in [3.05, 3.63) is 29.7 Å². The van der Waals surface area contributed by atoms with Crippen molar-refractivity contribution < 1.29 is 18.7 Å². The van der Waals surface area contributed by atoms with Crippen LogP contribution in [0.3, 0.4) is 0 Å². The van der Waals surface area contributed by atoms with Crippen molar-refractivity contribution >= 4 is 5.91 Å². The summed E-state index contributed by atoms with van der Waals surface area (Å²) >= 11 is 0. The molecular formula is C20H25N3O4. The van der Waals surface area contributed by atoms with Crippen LogP contribution < -0.4 is 14.8 Å². The highest BCUT2D eigenvalue weighted by molar-refractivity contribution is 5.78. The fourth-order valence-corrected chi connectivity index (χ4v) is 3.53. The summed E-state index contributed by atoms with van der Waals surface area (Å²) in [4.78, 5) is 19.3. The molecule has 2 aliphatic rings. The van der Waals surface area contributed by atoms with E-state index in [-0.39, 0.29) is 19.1 Å². The Labute approximate surface area is 158 Å². The van der Waals surface area contributed by atoms with E-state index in [1.165, 1.54) is 12.8 Å². The predicted octanol–water partition coefficient (Wildman–Crippen LogP) is 2.52. The van der Waals surface area contributed by atoms with Gasteiger partial charge in [0.15, 0.2) is 11.5 Å². The smallest absolute Gasteiger partial charge is 0.231 e. The molecule has 1 unspecified atom stereocenters. The van der Waals surface area contributed by atoms with Crippen molar-refractivity contribution in [2.45, 2.75) is 39.2 Å². The third-order valence-corrected chi connectivity index (χ3v) is 5.20. The van der Waals surface area contributed by atoms with Crippen molar-refractivity contribution in [1.82, 2.24) is 15.2 Å². The van der Waals surface area contributed by atoms with Crippen LogP contribution >= 0.6 is 0 Å². The molecule has 2 aromatic rings. The molecule has 1 N–H and O–H groups in total. The number of fused-ring (bicyclic) bond motifs is 1. The third-order valence-electron chi connectivity index (χ3n) is 5.20. The normalized spacial score (nSPS) is 17.3. The summed E-state index contributed by atoms with van der Waals surface area (Å²) in [6, 6.07) is 5.91. The summed E-state index contributed by atoms with van der Waals surface area (Å²) in [5.74, 6) is 2.51. The van der Waals surface area contributed by atoms with E-state index in [0.717, 1.165) is 18.7 Å². The van der Waals surface area contributed by atoms with Gasteiger partial charge >= 0.3 is 0 Å². The van der Waals surface area contributed by atoms with Crippen LogP contribution in [0.5, 0.6) is 11.5 Å². The minimum atomic E-state index is -0.0327. The molecule has 0 aliphatic carbocycles. The van der Waals surface area contributed by atoms with Crippen molar-refractivity contribution in [3.8, 4) is 23.0 Å². The second-order valence-electron chi connectivity index (χ2n) is 7.16. The molecule has 1 aromatic carbocycles. The number of likely N-dealkylation sites (tertiary alicyclic amines) is 1. The summed E-state index contributed by atoms with van der Waals surface area (Å²) in [7, 11) is 0. The molecule has 3 heterocycles. The van der Waals surface area contributed by atoms with Gasteiger partial charge in [0.1, 0.15) is 5.76 Å². The number of hydrogen-bond acceptors (Lipinski definition) is 6. The van der Waals surface area contributed by atoms with Crippen molar-refractivity contribution in [2.24, 2.45) is 0 Å². The van der Waals surface area contributed by atoms with Gasteiger partial charge in [-0.15, -0.1) is 0 Å². The lowest BCUT2D eigenvalue weighted by molar-refractivity contribution is -0.120. The number of benzene rings is 1. The first-order valence-corrected chi connectivity index (χ1v) is 9.47. The SMILES string of the molecule is Cc1oc(-c2ccc3c(c2)OCO3)nc1CC(=O)NCC(C)N1CCCC1. The molecule has 7 nitrogen and oxygen atoms in total. The summed E-state index contributed by atoms with van der Waals surface area (Å²) in [6.45, 7) is 7.12. The molecule has 7 heteroatoms. The van der Waals surface area contributed by atoms with E-state index in [4.69, 9.17) is 13.9 Å². The van der Waals surface area contributed by atoms with Crippen LogP contribution in [-0.4, -0.2) is 48.3 Å². The Kier molecular flexibility index (Phi) is 5.03. The van der Waals surface area contributed by atoms with Crippen LogP contribution in [0.15, 0.2) is 22.6 Å². The molecule has 0 saturated carbocycles. The number of aryl methyl sites for hydroxylation is 1. The highest BCUT2D eigenvalue weighted by atomic mass is 16.7. The van der Waals surface area contributed by atoms with E-state index >= 15 is 0 Å². The quantitative estimate of drug-likeness (QED) is 0.841. The largest absolute Gasteiger partial charge is 0.454 e. The van der Waals surface area contributed by atoms with Crippen LogP contribution in [-0.2, 0) is 11.2 Å². The number of hydrogen-bond donors (Lipinski definition) is 1. The van der Waals surface area contributed by atoms with E-state index in [0.29, 0.717) is 41.4 Å². The molecule has 1 aromatic heterocycles. The number of carbonyl (C=O) groups is 1. The van der Waals surface area contributed by atoms with Gasteiger partial charge in [-0.2, -0.15) is 0 Å². The number of rotatable bonds is 6. The van der Waals surface area contributed by atoms with E-state index in [9.17, 15) is 4.79 Å². The zero-order valence-corrected chi connectivity index (χ0v) is 15.8. The topological polar surface area (TPSA) is 76.8 Å². The van der Waals surface area contributed by atoms with E-state index in [2.05, 4.69) is 22.1 Å². The lowest BCUT2D eigenvalue weighted by atomic mass is 10.2. The minimum absolute atomic E-state index is 0.0327. The Morgan fingerprint density at radius 2 is 2.04 bits per heavy atom. The number of amides is 1. The maximum absolute atomic E-state index is 12.3. The first kappa shape index (κ1) is 17.9. The average molecular weight is 371 g/mol. The molecule has 1 fully saturated rings. The Bertz CT molecular complexity index is 827. The van der Waals surface area contributed by atoms with E-state index in [1.54, 1.807) is 0 Å². The number of nitrogens with one attached hydrogen (secondary N) is 1. The van der Waals surface area contributed by atoms with Gasteiger partial charge < -0.3 is 19.2 Å². The lowest BCUT2D eigenvalue weighted by Gasteiger charge is -2.23. The van der Waals surface area contributed by atoms with E-state index < -0.39 is 0 Å². The van der Waals surface area contributed by atoms with Gasteiger partial charge in [0.05, 0.1) is 12.1 Å². The minimum Gasteiger partial charge on any atom is -0.454 e. The molecule has 1 atom stereocenters. The van der Waals surface area contributed by atoms with Crippen LogP contribution in [0.4, 0.5) is 0 Å². The van der Waals surface area contributed by atoms with Gasteiger partial charge in [0.25, 0.3) is 0 Å². The summed E-state index contributed by atoms with van der Waals surface area (Å²) in [5.41, 5.74) is 1.46. The fraction of sp³-hybridized carbons (Fsp3) is 0.500. The molecule has 0 radical (unpaired) electrons. The highest BCUT2D eigenvalue weighted by Crippen LogP contribution is 2.36. The molecule has 0 bridgehead atoms. The first-order chi connectivity index (χ1) is 13.1. The van der Waals surface area contributed by atoms with Gasteiger partial charge in [0, 0.05) is 18.2 Å². The third kappa shape index (κ3) is 3.93. The van der Waals surface area contributed by atoms with Crippen LogP contribution in [0.2, 0.25) is 0 Å². The number of aromatic nitrogens is 1. The molecule has 0 spiro atoms. The number of oxazole rings is 1. The first-order valence-electron chi connectivity index (χ1n) is 9.47. The average Bonchev–Trinajstić information content (AvgIpc) is 3.40. The molecule has 1 amide bonds. The second kappa shape index (κ2) is 7.60. The molecule has 4 rings (SSSR count). The van der Waals surface area contributed by atoms with Gasteiger partial charge in [0.2, 0.25) is 18.6 Å². The van der Waals surface area contributed by atoms with Gasteiger partial charge in [-0.25, -0.2) is 4.98 Å². The van der Waals surface area contributed by atoms with Crippen LogP contribution in [0, 0.1) is 6.92 Å². The molecular weight excluding hydrogens is 346 g/mol. The Hall–Kier alpha value is -2.54. The van der Waals surface area contributed by atoms with E-state index in [1.807, 2.05) is 25.1 Å². The number of nitrogens with zero attached hydrogens (tertiary/aromatic N) is 2. The zero-order valence-electron chi connectivity index (χ0n) is 15.8. The Balaban J connectivity index is 1.37. The van der Waals surface area contributed by atoms with Gasteiger partial charge in [-0.1, -0.05) is 0 Å². The summed E-state index contributed by atoms with van der Waals surface area (Å²) < 4.78 is 16.5. The number of ether oxygens (including phenoxy) is 2. The van der Waals surface area contributed by atoms with Crippen LogP contribution in [0.25, 0.3) is 11.5 Å². The molecule has 27 heavy (non-hydrogen) atoms. The molecule has 144 valence electrons. The maximum atomic E-state index is 12.3. The van der Waals surface area contributed by atoms with Gasteiger partial charge in [-0.05, 0) is 58.0 Å². The van der Waals surface area contributed by atoms with Crippen LogP contribution in [0.1, 0.15) is 31.2 Å². The van der Waals surface area contributed by atoms with Crippen molar-refractivity contribution in [3.63, 3.8) is 0 Å². The summed E-state index contributed by atoms with van der Waals surface area (Å²) in [6.07, 6.45) is 2.71. The van der Waals surface area contributed by atoms with Gasteiger partial charge in [-0.3, -0.25) is 9.69 Å². The maximum Gasteiger partial charge on any atom is 0.231 e. The lowest BCUT2D eigenvalue weighted by Crippen LogP contribution is -2.41. The number of carbonyl (C=O) groups excluding carboxylic acids is 1. The molecule has 2 aliphatic heterocycles. The summed E-state index contributed by atoms with van der Waals surface area (Å²) in [5, 5.41) is 3.02. The molecule has 1 saturated heterocycles. The predicted molar refractivity (Wildman–Crippen MR) is 99.8 cm³/mol. The van der Waals surface area contributed by atoms with Crippen molar-refractivity contribution in [1.29, 1.82) is 0 Å². The Morgan fingerprint density at radius 1 is 1.26 bits per heavy atom. The monoisotopic (exact) mass is 371 g/mol. The highest BCUT2D eigenvalue weighted by Gasteiger charge is 2.20. The fourth-order valence-electron chi connectivity index (χ4n) is 3.53.